The van der Waals surface area contributed by atoms with E-state index >= 15 is 0 Å². The number of nitrogens with two attached hydrogens (primary N) is 1. The smallest absolute Gasteiger partial charge is 0.253 e. The molecule has 0 bridgehead atoms. The Labute approximate surface area is 161 Å². The van der Waals surface area contributed by atoms with Crippen LogP contribution in [0, 0.1) is 12.3 Å². The lowest BCUT2D eigenvalue weighted by Gasteiger charge is -2.57. The number of nitrogens with zero attached hydrogens (tertiary/aromatic N) is 1. The van der Waals surface area contributed by atoms with Crippen LogP contribution in [0.5, 0.6) is 0 Å². The molecule has 1 fully saturated rings. The van der Waals surface area contributed by atoms with E-state index in [1.807, 2.05) is 27.7 Å². The van der Waals surface area contributed by atoms with Gasteiger partial charge in [0, 0.05) is 43.8 Å². The molecule has 1 aliphatic rings. The zero-order valence-corrected chi connectivity index (χ0v) is 17.2. The molecule has 0 saturated heterocycles. The molecule has 1 aliphatic carbocycles. The molecule has 1 aromatic rings. The summed E-state index contributed by atoms with van der Waals surface area (Å²) in [7, 11) is 3.42. The van der Waals surface area contributed by atoms with Gasteiger partial charge in [-0.15, -0.1) is 12.4 Å². The van der Waals surface area contributed by atoms with Gasteiger partial charge in [-0.3, -0.25) is 9.59 Å². The first-order chi connectivity index (χ1) is 11.5. The van der Waals surface area contributed by atoms with Crippen molar-refractivity contribution in [3.05, 3.63) is 29.3 Å². The molecule has 2 rings (SSSR count). The number of benzene rings is 1. The van der Waals surface area contributed by atoms with Crippen LogP contribution in [-0.4, -0.2) is 49.1 Å². The molecule has 2 atom stereocenters. The van der Waals surface area contributed by atoms with Crippen LogP contribution < -0.4 is 11.1 Å². The monoisotopic (exact) mass is 383 g/mol. The Bertz CT molecular complexity index is 691. The zero-order chi connectivity index (χ0) is 19.0. The third kappa shape index (κ3) is 3.72. The van der Waals surface area contributed by atoms with E-state index in [4.69, 9.17) is 10.5 Å². The van der Waals surface area contributed by atoms with E-state index < -0.39 is 11.0 Å². The van der Waals surface area contributed by atoms with Crippen molar-refractivity contribution in [2.45, 2.75) is 45.8 Å². The molecule has 2 unspecified atom stereocenters. The molecule has 0 radical (unpaired) electrons. The number of carbonyl (C=O) groups excluding carboxylic acids is 2. The number of amides is 2. The maximum atomic E-state index is 12.8. The summed E-state index contributed by atoms with van der Waals surface area (Å²) in [5.74, 6) is -0.287. The van der Waals surface area contributed by atoms with Crippen LogP contribution >= 0.6 is 12.4 Å². The highest BCUT2D eigenvalue weighted by Gasteiger charge is 2.62. The normalized spacial score (nSPS) is 23.4. The fraction of sp³-hybridized carbons (Fsp3) is 0.579. The van der Waals surface area contributed by atoms with Gasteiger partial charge in [-0.2, -0.15) is 0 Å². The largest absolute Gasteiger partial charge is 0.378 e. The van der Waals surface area contributed by atoms with Crippen molar-refractivity contribution in [1.82, 2.24) is 4.90 Å². The average molecular weight is 384 g/mol. The number of ether oxygens (including phenoxy) is 1. The number of aryl methyl sites for hydroxylation is 1. The van der Waals surface area contributed by atoms with Crippen LogP contribution in [-0.2, 0) is 9.53 Å². The van der Waals surface area contributed by atoms with Crippen LogP contribution in [0.4, 0.5) is 5.69 Å². The molecular formula is C19H30ClN3O3. The van der Waals surface area contributed by atoms with Crippen LogP contribution in [0.25, 0.3) is 0 Å². The van der Waals surface area contributed by atoms with Gasteiger partial charge in [0.25, 0.3) is 5.91 Å². The molecule has 0 spiro atoms. The lowest BCUT2D eigenvalue weighted by atomic mass is 9.54. The first-order valence-electron chi connectivity index (χ1n) is 8.58. The predicted octanol–water partition coefficient (Wildman–Crippen LogP) is 2.59. The molecule has 2 amide bonds. The van der Waals surface area contributed by atoms with Crippen molar-refractivity contribution < 1.29 is 14.3 Å². The Kier molecular flexibility index (Phi) is 6.85. The van der Waals surface area contributed by atoms with Gasteiger partial charge in [0.1, 0.15) is 5.54 Å². The Morgan fingerprint density at radius 2 is 1.96 bits per heavy atom. The van der Waals surface area contributed by atoms with E-state index in [1.165, 1.54) is 4.90 Å². The second kappa shape index (κ2) is 7.94. The standard InChI is InChI=1S/C19H29N3O3.ClH/c1-7-25-15-11-19(20,18(15,3)4)17(24)21-13-8-9-14(12(2)10-13)16(23)22(5)6;/h8-10,15H,7,11,20H2,1-6H3,(H,21,24);1H. The maximum absolute atomic E-state index is 12.8. The second-order valence-corrected chi connectivity index (χ2v) is 7.52. The van der Waals surface area contributed by atoms with Crippen molar-refractivity contribution in [3.63, 3.8) is 0 Å². The maximum Gasteiger partial charge on any atom is 0.253 e. The van der Waals surface area contributed by atoms with E-state index in [0.29, 0.717) is 24.3 Å². The molecule has 0 aliphatic heterocycles. The highest BCUT2D eigenvalue weighted by atomic mass is 35.5. The number of halogens is 1. The number of carbonyl (C=O) groups is 2. The Hall–Kier alpha value is -1.63. The van der Waals surface area contributed by atoms with Crippen LogP contribution in [0.1, 0.15) is 43.1 Å². The van der Waals surface area contributed by atoms with E-state index in [0.717, 1.165) is 5.56 Å². The van der Waals surface area contributed by atoms with Crippen molar-refractivity contribution in [2.24, 2.45) is 11.1 Å². The summed E-state index contributed by atoms with van der Waals surface area (Å²) in [6.45, 7) is 8.31. The third-order valence-corrected chi connectivity index (χ3v) is 5.36. The molecule has 6 nitrogen and oxygen atoms in total. The quantitative estimate of drug-likeness (QED) is 0.818. The minimum atomic E-state index is -0.973. The fourth-order valence-electron chi connectivity index (χ4n) is 3.29. The summed E-state index contributed by atoms with van der Waals surface area (Å²) in [6.07, 6.45) is 0.477. The van der Waals surface area contributed by atoms with Crippen molar-refractivity contribution >= 4 is 29.9 Å². The van der Waals surface area contributed by atoms with Gasteiger partial charge in [-0.25, -0.2) is 0 Å². The fourth-order valence-corrected chi connectivity index (χ4v) is 3.29. The molecule has 0 aromatic heterocycles. The zero-order valence-electron chi connectivity index (χ0n) is 16.4. The third-order valence-electron chi connectivity index (χ3n) is 5.36. The predicted molar refractivity (Wildman–Crippen MR) is 106 cm³/mol. The van der Waals surface area contributed by atoms with Gasteiger partial charge in [0.15, 0.2) is 0 Å². The van der Waals surface area contributed by atoms with Gasteiger partial charge in [0.2, 0.25) is 5.91 Å². The molecular weight excluding hydrogens is 354 g/mol. The van der Waals surface area contributed by atoms with E-state index in [-0.39, 0.29) is 30.3 Å². The summed E-state index contributed by atoms with van der Waals surface area (Å²) < 4.78 is 5.67. The van der Waals surface area contributed by atoms with E-state index in [9.17, 15) is 9.59 Å². The summed E-state index contributed by atoms with van der Waals surface area (Å²) in [6, 6.07) is 5.26. The van der Waals surface area contributed by atoms with E-state index in [2.05, 4.69) is 5.32 Å². The number of nitrogens with one attached hydrogen (secondary N) is 1. The molecule has 1 saturated carbocycles. The number of hydrogen-bond acceptors (Lipinski definition) is 4. The van der Waals surface area contributed by atoms with Gasteiger partial charge < -0.3 is 20.7 Å². The first-order valence-corrected chi connectivity index (χ1v) is 8.58. The van der Waals surface area contributed by atoms with E-state index in [1.54, 1.807) is 32.3 Å². The number of rotatable bonds is 5. The van der Waals surface area contributed by atoms with Gasteiger partial charge in [-0.1, -0.05) is 13.8 Å². The van der Waals surface area contributed by atoms with Crippen LogP contribution in [0.15, 0.2) is 18.2 Å². The molecule has 7 heteroatoms. The minimum Gasteiger partial charge on any atom is -0.378 e. The van der Waals surface area contributed by atoms with Gasteiger partial charge in [-0.05, 0) is 37.6 Å². The molecule has 3 N–H and O–H groups in total. The van der Waals surface area contributed by atoms with Crippen LogP contribution in [0.2, 0.25) is 0 Å². The SMILES string of the molecule is CCOC1CC(N)(C(=O)Nc2ccc(C(=O)N(C)C)c(C)c2)C1(C)C.Cl. The topological polar surface area (TPSA) is 84.7 Å². The Morgan fingerprint density at radius 3 is 2.42 bits per heavy atom. The molecule has 0 heterocycles. The Morgan fingerprint density at radius 1 is 1.35 bits per heavy atom. The van der Waals surface area contributed by atoms with Crippen molar-refractivity contribution in [3.8, 4) is 0 Å². The lowest BCUT2D eigenvalue weighted by molar-refractivity contribution is -0.166. The summed E-state index contributed by atoms with van der Waals surface area (Å²) in [5.41, 5.74) is 7.04. The number of hydrogen-bond donors (Lipinski definition) is 2. The molecule has 146 valence electrons. The number of anilines is 1. The highest BCUT2D eigenvalue weighted by molar-refractivity contribution is 6.01. The van der Waals surface area contributed by atoms with Crippen LogP contribution in [0.3, 0.4) is 0 Å². The van der Waals surface area contributed by atoms with Crippen molar-refractivity contribution in [2.75, 3.05) is 26.0 Å². The summed E-state index contributed by atoms with van der Waals surface area (Å²) in [5, 5.41) is 2.89. The second-order valence-electron chi connectivity index (χ2n) is 7.52. The molecule has 1 aromatic carbocycles. The minimum absolute atomic E-state index is 0. The van der Waals surface area contributed by atoms with Gasteiger partial charge >= 0.3 is 0 Å². The summed E-state index contributed by atoms with van der Waals surface area (Å²) >= 11 is 0. The lowest BCUT2D eigenvalue weighted by Crippen LogP contribution is -2.74. The van der Waals surface area contributed by atoms with Crippen molar-refractivity contribution in [1.29, 1.82) is 0 Å². The van der Waals surface area contributed by atoms with Gasteiger partial charge in [0.05, 0.1) is 6.10 Å². The average Bonchev–Trinajstić information content (AvgIpc) is 2.53. The molecule has 26 heavy (non-hydrogen) atoms. The Balaban J connectivity index is 0.00000338. The summed E-state index contributed by atoms with van der Waals surface area (Å²) in [4.78, 5) is 26.4. The highest BCUT2D eigenvalue weighted by Crippen LogP contribution is 2.50. The first kappa shape index (κ1) is 22.4.